The van der Waals surface area contributed by atoms with E-state index in [-0.39, 0.29) is 6.04 Å². The Morgan fingerprint density at radius 2 is 2.24 bits per heavy atom. The Morgan fingerprint density at radius 3 is 3.05 bits per heavy atom. The minimum Gasteiger partial charge on any atom is -0.399 e. The summed E-state index contributed by atoms with van der Waals surface area (Å²) in [7, 11) is 0. The van der Waals surface area contributed by atoms with Crippen LogP contribution in [0.3, 0.4) is 0 Å². The Hall–Kier alpha value is -2.06. The third-order valence-corrected chi connectivity index (χ3v) is 4.20. The third-order valence-electron chi connectivity index (χ3n) is 3.77. The molecule has 2 aromatic rings. The molecular formula is C16H15BrN4. The van der Waals surface area contributed by atoms with E-state index in [4.69, 9.17) is 5.73 Å². The number of aromatic nitrogens is 1. The molecule has 1 aliphatic carbocycles. The van der Waals surface area contributed by atoms with Gasteiger partial charge in [0.15, 0.2) is 0 Å². The lowest BCUT2D eigenvalue weighted by Gasteiger charge is -2.27. The normalized spacial score (nSPS) is 16.9. The Bertz CT molecular complexity index is 721. The quantitative estimate of drug-likeness (QED) is 0.814. The van der Waals surface area contributed by atoms with Crippen molar-refractivity contribution in [3.8, 4) is 6.07 Å². The van der Waals surface area contributed by atoms with Crippen molar-refractivity contribution in [1.29, 1.82) is 5.26 Å². The van der Waals surface area contributed by atoms with E-state index >= 15 is 0 Å². The number of hydrogen-bond donors (Lipinski definition) is 2. The zero-order valence-corrected chi connectivity index (χ0v) is 13.0. The second kappa shape index (κ2) is 5.74. The van der Waals surface area contributed by atoms with Gasteiger partial charge in [0.25, 0.3) is 0 Å². The molecule has 0 amide bonds. The van der Waals surface area contributed by atoms with Gasteiger partial charge in [-0.2, -0.15) is 5.26 Å². The molecule has 3 N–H and O–H groups in total. The first kappa shape index (κ1) is 13.9. The van der Waals surface area contributed by atoms with Gasteiger partial charge < -0.3 is 11.1 Å². The maximum atomic E-state index is 9.24. The van der Waals surface area contributed by atoms with Gasteiger partial charge in [0.2, 0.25) is 0 Å². The summed E-state index contributed by atoms with van der Waals surface area (Å²) in [4.78, 5) is 4.33. The molecule has 1 aromatic carbocycles. The van der Waals surface area contributed by atoms with Crippen molar-refractivity contribution in [2.75, 3.05) is 11.1 Å². The van der Waals surface area contributed by atoms with E-state index in [1.807, 2.05) is 12.1 Å². The number of fused-ring (bicyclic) bond motifs is 1. The SMILES string of the molecule is N#Cc1cc(Br)cnc1NC1CCCc2cc(N)ccc21. The van der Waals surface area contributed by atoms with Crippen molar-refractivity contribution in [2.24, 2.45) is 0 Å². The number of nitrogens with one attached hydrogen (secondary N) is 1. The summed E-state index contributed by atoms with van der Waals surface area (Å²) in [5, 5.41) is 12.6. The van der Waals surface area contributed by atoms with Crippen molar-refractivity contribution in [3.63, 3.8) is 0 Å². The molecule has 21 heavy (non-hydrogen) atoms. The van der Waals surface area contributed by atoms with E-state index in [9.17, 15) is 5.26 Å². The number of nitrogens with zero attached hydrogens (tertiary/aromatic N) is 2. The summed E-state index contributed by atoms with van der Waals surface area (Å²) in [6.45, 7) is 0. The van der Waals surface area contributed by atoms with Gasteiger partial charge in [-0.1, -0.05) is 6.07 Å². The molecule has 1 atom stereocenters. The summed E-state index contributed by atoms with van der Waals surface area (Å²) >= 11 is 3.34. The number of anilines is 2. The summed E-state index contributed by atoms with van der Waals surface area (Å²) in [6.07, 6.45) is 4.89. The van der Waals surface area contributed by atoms with Gasteiger partial charge in [0.1, 0.15) is 11.9 Å². The number of nitriles is 1. The molecule has 0 bridgehead atoms. The number of rotatable bonds is 2. The highest BCUT2D eigenvalue weighted by atomic mass is 79.9. The van der Waals surface area contributed by atoms with Gasteiger partial charge in [0, 0.05) is 16.4 Å². The predicted octanol–water partition coefficient (Wildman–Crippen LogP) is 3.79. The maximum Gasteiger partial charge on any atom is 0.144 e. The molecule has 1 aliphatic rings. The van der Waals surface area contributed by atoms with Gasteiger partial charge in [-0.05, 0) is 64.5 Å². The topological polar surface area (TPSA) is 74.7 Å². The van der Waals surface area contributed by atoms with Gasteiger partial charge in [-0.15, -0.1) is 0 Å². The summed E-state index contributed by atoms with van der Waals surface area (Å²) < 4.78 is 0.807. The molecule has 0 fully saturated rings. The van der Waals surface area contributed by atoms with Crippen LogP contribution in [0.15, 0.2) is 34.9 Å². The van der Waals surface area contributed by atoms with Gasteiger partial charge in [-0.3, -0.25) is 0 Å². The fourth-order valence-corrected chi connectivity index (χ4v) is 3.12. The Labute approximate surface area is 132 Å². The van der Waals surface area contributed by atoms with Crippen LogP contribution in [0.1, 0.15) is 35.6 Å². The van der Waals surface area contributed by atoms with E-state index in [1.54, 1.807) is 12.3 Å². The zero-order valence-electron chi connectivity index (χ0n) is 11.4. The van der Waals surface area contributed by atoms with Gasteiger partial charge >= 0.3 is 0 Å². The van der Waals surface area contributed by atoms with Crippen LogP contribution in [0.5, 0.6) is 0 Å². The first-order valence-electron chi connectivity index (χ1n) is 6.88. The van der Waals surface area contributed by atoms with E-state index in [0.29, 0.717) is 11.4 Å². The van der Waals surface area contributed by atoms with Crippen molar-refractivity contribution < 1.29 is 0 Å². The average molecular weight is 343 g/mol. The van der Waals surface area contributed by atoms with Crippen LogP contribution in [0.2, 0.25) is 0 Å². The molecular weight excluding hydrogens is 328 g/mol. The standard InChI is InChI=1S/C16H15BrN4/c17-12-6-11(8-18)16(20-9-12)21-15-3-1-2-10-7-13(19)4-5-14(10)15/h4-7,9,15H,1-3,19H2,(H,20,21). The lowest BCUT2D eigenvalue weighted by atomic mass is 9.87. The van der Waals surface area contributed by atoms with E-state index in [2.05, 4.69) is 38.4 Å². The number of pyridine rings is 1. The lowest BCUT2D eigenvalue weighted by Crippen LogP contribution is -2.18. The van der Waals surface area contributed by atoms with Gasteiger partial charge in [-0.25, -0.2) is 4.98 Å². The number of halogens is 1. The monoisotopic (exact) mass is 342 g/mol. The number of nitrogens with two attached hydrogens (primary N) is 1. The second-order valence-corrected chi connectivity index (χ2v) is 6.12. The summed E-state index contributed by atoms with van der Waals surface area (Å²) in [5.74, 6) is 0.635. The fraction of sp³-hybridized carbons (Fsp3) is 0.250. The number of hydrogen-bond acceptors (Lipinski definition) is 4. The largest absolute Gasteiger partial charge is 0.399 e. The minimum absolute atomic E-state index is 0.176. The predicted molar refractivity (Wildman–Crippen MR) is 86.8 cm³/mol. The summed E-state index contributed by atoms with van der Waals surface area (Å²) in [5.41, 5.74) is 9.75. The van der Waals surface area contributed by atoms with E-state index < -0.39 is 0 Å². The highest BCUT2D eigenvalue weighted by molar-refractivity contribution is 9.10. The molecule has 0 aliphatic heterocycles. The molecule has 3 rings (SSSR count). The Morgan fingerprint density at radius 1 is 1.38 bits per heavy atom. The van der Waals surface area contributed by atoms with E-state index in [1.165, 1.54) is 11.1 Å². The average Bonchev–Trinajstić information content (AvgIpc) is 2.49. The van der Waals surface area contributed by atoms with Crippen LogP contribution in [0.25, 0.3) is 0 Å². The van der Waals surface area contributed by atoms with Crippen molar-refractivity contribution in [1.82, 2.24) is 4.98 Å². The molecule has 1 unspecified atom stereocenters. The van der Waals surface area contributed by atoms with Crippen molar-refractivity contribution >= 4 is 27.4 Å². The maximum absolute atomic E-state index is 9.24. The van der Waals surface area contributed by atoms with Crippen LogP contribution in [-0.2, 0) is 6.42 Å². The van der Waals surface area contributed by atoms with Crippen LogP contribution in [-0.4, -0.2) is 4.98 Å². The molecule has 0 saturated heterocycles. The molecule has 0 saturated carbocycles. The Kier molecular flexibility index (Phi) is 3.80. The summed E-state index contributed by atoms with van der Waals surface area (Å²) in [6, 6.07) is 10.2. The van der Waals surface area contributed by atoms with Gasteiger partial charge in [0.05, 0.1) is 11.6 Å². The Balaban J connectivity index is 1.92. The van der Waals surface area contributed by atoms with E-state index in [0.717, 1.165) is 29.4 Å². The van der Waals surface area contributed by atoms with Crippen molar-refractivity contribution in [2.45, 2.75) is 25.3 Å². The van der Waals surface area contributed by atoms with Crippen molar-refractivity contribution in [3.05, 3.63) is 51.6 Å². The lowest BCUT2D eigenvalue weighted by molar-refractivity contribution is 0.598. The number of benzene rings is 1. The minimum atomic E-state index is 0.176. The highest BCUT2D eigenvalue weighted by Crippen LogP contribution is 2.34. The number of aryl methyl sites for hydroxylation is 1. The molecule has 1 heterocycles. The molecule has 0 radical (unpaired) electrons. The first-order valence-corrected chi connectivity index (χ1v) is 7.67. The number of nitrogen functional groups attached to an aromatic ring is 1. The zero-order chi connectivity index (χ0) is 14.8. The second-order valence-electron chi connectivity index (χ2n) is 5.21. The molecule has 4 nitrogen and oxygen atoms in total. The third kappa shape index (κ3) is 2.86. The van der Waals surface area contributed by atoms with Crippen LogP contribution < -0.4 is 11.1 Å². The molecule has 5 heteroatoms. The van der Waals surface area contributed by atoms with Crippen LogP contribution >= 0.6 is 15.9 Å². The molecule has 0 spiro atoms. The first-order chi connectivity index (χ1) is 10.2. The fourth-order valence-electron chi connectivity index (χ4n) is 2.79. The smallest absolute Gasteiger partial charge is 0.144 e. The molecule has 1 aromatic heterocycles. The molecule has 106 valence electrons. The van der Waals surface area contributed by atoms with Crippen LogP contribution in [0.4, 0.5) is 11.5 Å². The highest BCUT2D eigenvalue weighted by Gasteiger charge is 2.21. The van der Waals surface area contributed by atoms with Crippen LogP contribution in [0, 0.1) is 11.3 Å².